The highest BCUT2D eigenvalue weighted by atomic mass is 79.9. The van der Waals surface area contributed by atoms with E-state index in [1.165, 1.54) is 12.1 Å². The van der Waals surface area contributed by atoms with E-state index in [0.717, 1.165) is 6.42 Å². The molecule has 0 saturated carbocycles. The summed E-state index contributed by atoms with van der Waals surface area (Å²) in [6.07, 6.45) is 0.744. The first kappa shape index (κ1) is 13.5. The van der Waals surface area contributed by atoms with Gasteiger partial charge in [0.2, 0.25) is 0 Å². The van der Waals surface area contributed by atoms with Gasteiger partial charge in [-0.1, -0.05) is 15.9 Å². The number of likely N-dealkylation sites (tertiary alicyclic amines) is 1. The quantitative estimate of drug-likeness (QED) is 0.866. The van der Waals surface area contributed by atoms with Crippen LogP contribution in [-0.4, -0.2) is 28.9 Å². The van der Waals surface area contributed by atoms with Crippen LogP contribution in [0.3, 0.4) is 0 Å². The standard InChI is InChI=1S/C13H16BrFN2O/c1-13(2)11(16)5-6-17(13)12(18)9-7-8(14)3-4-10(9)15/h3-4,7,11H,5-6,16H2,1-2H3. The Kier molecular flexibility index (Phi) is 3.47. The molecule has 1 aromatic rings. The van der Waals surface area contributed by atoms with Crippen molar-refractivity contribution in [2.45, 2.75) is 31.8 Å². The second kappa shape index (κ2) is 4.63. The van der Waals surface area contributed by atoms with E-state index in [1.807, 2.05) is 13.8 Å². The molecule has 1 aliphatic heterocycles. The zero-order valence-electron chi connectivity index (χ0n) is 10.4. The second-order valence-corrected chi connectivity index (χ2v) is 6.05. The molecule has 1 heterocycles. The van der Waals surface area contributed by atoms with E-state index in [9.17, 15) is 9.18 Å². The van der Waals surface area contributed by atoms with Crippen LogP contribution in [0.1, 0.15) is 30.6 Å². The van der Waals surface area contributed by atoms with Gasteiger partial charge in [0.05, 0.1) is 11.1 Å². The van der Waals surface area contributed by atoms with Gasteiger partial charge < -0.3 is 10.6 Å². The molecule has 3 nitrogen and oxygen atoms in total. The molecule has 0 bridgehead atoms. The molecular weight excluding hydrogens is 299 g/mol. The molecule has 1 aromatic carbocycles. The van der Waals surface area contributed by atoms with Crippen LogP contribution in [0.2, 0.25) is 0 Å². The van der Waals surface area contributed by atoms with Crippen molar-refractivity contribution in [3.63, 3.8) is 0 Å². The highest BCUT2D eigenvalue weighted by molar-refractivity contribution is 9.10. The Hall–Kier alpha value is -0.940. The van der Waals surface area contributed by atoms with Gasteiger partial charge in [0.1, 0.15) is 5.82 Å². The molecule has 0 spiro atoms. The molecule has 1 saturated heterocycles. The first-order valence-corrected chi connectivity index (χ1v) is 6.66. The normalized spacial score (nSPS) is 22.3. The summed E-state index contributed by atoms with van der Waals surface area (Å²) in [4.78, 5) is 14.0. The molecule has 0 radical (unpaired) electrons. The van der Waals surface area contributed by atoms with Crippen LogP contribution in [0.25, 0.3) is 0 Å². The van der Waals surface area contributed by atoms with Crippen molar-refractivity contribution >= 4 is 21.8 Å². The molecule has 0 aromatic heterocycles. The SMILES string of the molecule is CC1(C)C(N)CCN1C(=O)c1cc(Br)ccc1F. The average Bonchev–Trinajstić information content (AvgIpc) is 2.57. The summed E-state index contributed by atoms with van der Waals surface area (Å²) in [6, 6.07) is 4.31. The van der Waals surface area contributed by atoms with Gasteiger partial charge in [-0.3, -0.25) is 4.79 Å². The molecule has 0 aliphatic carbocycles. The summed E-state index contributed by atoms with van der Waals surface area (Å²) in [6.45, 7) is 4.40. The third-order valence-corrected chi connectivity index (χ3v) is 4.16. The molecule has 98 valence electrons. The zero-order valence-corrected chi connectivity index (χ0v) is 12.0. The lowest BCUT2D eigenvalue weighted by molar-refractivity contribution is 0.0632. The van der Waals surface area contributed by atoms with Crippen LogP contribution in [-0.2, 0) is 0 Å². The Bertz CT molecular complexity index is 490. The first-order valence-electron chi connectivity index (χ1n) is 5.86. The van der Waals surface area contributed by atoms with Crippen molar-refractivity contribution in [3.05, 3.63) is 34.1 Å². The van der Waals surface area contributed by atoms with Gasteiger partial charge >= 0.3 is 0 Å². The molecule has 1 amide bonds. The largest absolute Gasteiger partial charge is 0.332 e. The Morgan fingerprint density at radius 2 is 2.22 bits per heavy atom. The molecule has 1 aliphatic rings. The number of carbonyl (C=O) groups excluding carboxylic acids is 1. The topological polar surface area (TPSA) is 46.3 Å². The molecule has 1 atom stereocenters. The Balaban J connectivity index is 2.35. The van der Waals surface area contributed by atoms with Crippen LogP contribution in [0.15, 0.2) is 22.7 Å². The van der Waals surface area contributed by atoms with Gasteiger partial charge in [-0.15, -0.1) is 0 Å². The highest BCUT2D eigenvalue weighted by Crippen LogP contribution is 2.30. The maximum Gasteiger partial charge on any atom is 0.257 e. The van der Waals surface area contributed by atoms with Crippen molar-refractivity contribution in [1.29, 1.82) is 0 Å². The van der Waals surface area contributed by atoms with Crippen LogP contribution in [0.4, 0.5) is 4.39 Å². The number of halogens is 2. The minimum atomic E-state index is -0.500. The summed E-state index contributed by atoms with van der Waals surface area (Å²) < 4.78 is 14.4. The first-order chi connectivity index (χ1) is 8.34. The molecule has 2 N–H and O–H groups in total. The molecule has 2 rings (SSSR count). The fourth-order valence-corrected chi connectivity index (χ4v) is 2.64. The zero-order chi connectivity index (χ0) is 13.5. The molecule has 18 heavy (non-hydrogen) atoms. The van der Waals surface area contributed by atoms with Crippen molar-refractivity contribution in [1.82, 2.24) is 4.90 Å². The number of rotatable bonds is 1. The van der Waals surface area contributed by atoms with E-state index in [-0.39, 0.29) is 17.5 Å². The summed E-state index contributed by atoms with van der Waals surface area (Å²) in [5, 5.41) is 0. The number of benzene rings is 1. The van der Waals surface area contributed by atoms with E-state index >= 15 is 0 Å². The van der Waals surface area contributed by atoms with Gasteiger partial charge in [0, 0.05) is 17.1 Å². The summed E-state index contributed by atoms with van der Waals surface area (Å²) in [5.74, 6) is -0.800. The number of hydrogen-bond acceptors (Lipinski definition) is 2. The lowest BCUT2D eigenvalue weighted by Gasteiger charge is -2.34. The molecular formula is C13H16BrFN2O. The maximum absolute atomic E-state index is 13.7. The van der Waals surface area contributed by atoms with Crippen molar-refractivity contribution in [2.75, 3.05) is 6.54 Å². The Morgan fingerprint density at radius 3 is 2.78 bits per heavy atom. The van der Waals surface area contributed by atoms with Gasteiger partial charge in [0.25, 0.3) is 5.91 Å². The second-order valence-electron chi connectivity index (χ2n) is 5.13. The molecule has 1 fully saturated rings. The number of nitrogens with zero attached hydrogens (tertiary/aromatic N) is 1. The number of amides is 1. The van der Waals surface area contributed by atoms with Gasteiger partial charge in [0.15, 0.2) is 0 Å². The van der Waals surface area contributed by atoms with E-state index in [2.05, 4.69) is 15.9 Å². The van der Waals surface area contributed by atoms with Crippen molar-refractivity contribution in [3.8, 4) is 0 Å². The fraction of sp³-hybridized carbons (Fsp3) is 0.462. The highest BCUT2D eigenvalue weighted by Gasteiger charge is 2.42. The van der Waals surface area contributed by atoms with Crippen LogP contribution in [0.5, 0.6) is 0 Å². The Labute approximate surface area is 114 Å². The van der Waals surface area contributed by atoms with Gasteiger partial charge in [-0.2, -0.15) is 0 Å². The summed E-state index contributed by atoms with van der Waals surface area (Å²) in [7, 11) is 0. The lowest BCUT2D eigenvalue weighted by atomic mass is 9.96. The Morgan fingerprint density at radius 1 is 1.56 bits per heavy atom. The summed E-state index contributed by atoms with van der Waals surface area (Å²) >= 11 is 3.25. The molecule has 1 unspecified atom stereocenters. The fourth-order valence-electron chi connectivity index (χ4n) is 2.28. The number of carbonyl (C=O) groups is 1. The van der Waals surface area contributed by atoms with Gasteiger partial charge in [-0.05, 0) is 38.5 Å². The third kappa shape index (κ3) is 2.17. The van der Waals surface area contributed by atoms with Crippen LogP contribution < -0.4 is 5.73 Å². The molecule has 5 heteroatoms. The van der Waals surface area contributed by atoms with E-state index < -0.39 is 11.4 Å². The number of nitrogens with two attached hydrogens (primary N) is 1. The van der Waals surface area contributed by atoms with Crippen LogP contribution >= 0.6 is 15.9 Å². The predicted octanol–water partition coefficient (Wildman–Crippen LogP) is 2.54. The minimum Gasteiger partial charge on any atom is -0.332 e. The minimum absolute atomic E-state index is 0.0725. The lowest BCUT2D eigenvalue weighted by Crippen LogP contribution is -2.51. The number of hydrogen-bond donors (Lipinski definition) is 1. The van der Waals surface area contributed by atoms with Crippen molar-refractivity contribution in [2.24, 2.45) is 5.73 Å². The maximum atomic E-state index is 13.7. The third-order valence-electron chi connectivity index (χ3n) is 3.67. The van der Waals surface area contributed by atoms with E-state index in [4.69, 9.17) is 5.73 Å². The summed E-state index contributed by atoms with van der Waals surface area (Å²) in [5.41, 5.74) is 5.64. The smallest absolute Gasteiger partial charge is 0.257 e. The van der Waals surface area contributed by atoms with E-state index in [0.29, 0.717) is 11.0 Å². The predicted molar refractivity (Wildman–Crippen MR) is 71.8 cm³/mol. The van der Waals surface area contributed by atoms with Crippen LogP contribution in [0, 0.1) is 5.82 Å². The average molecular weight is 315 g/mol. The van der Waals surface area contributed by atoms with Crippen molar-refractivity contribution < 1.29 is 9.18 Å². The van der Waals surface area contributed by atoms with E-state index in [1.54, 1.807) is 11.0 Å². The van der Waals surface area contributed by atoms with Gasteiger partial charge in [-0.25, -0.2) is 4.39 Å². The monoisotopic (exact) mass is 314 g/mol.